The van der Waals surface area contributed by atoms with Crippen LogP contribution in [0, 0.1) is 5.82 Å². The van der Waals surface area contributed by atoms with Crippen LogP contribution in [-0.2, 0) is 11.2 Å². The average molecular weight is 395 g/mol. The molecule has 5 nitrogen and oxygen atoms in total. The molecule has 1 N–H and O–H groups in total. The number of nitrogens with one attached hydrogen (secondary N) is 1. The number of carbonyl (C=O) groups is 1. The Labute approximate surface area is 170 Å². The van der Waals surface area contributed by atoms with Gasteiger partial charge in [-0.2, -0.15) is 0 Å². The highest BCUT2D eigenvalue weighted by molar-refractivity contribution is 5.76. The van der Waals surface area contributed by atoms with Crippen LogP contribution in [0.5, 0.6) is 0 Å². The minimum atomic E-state index is -0.263. The molecule has 2 aromatic rings. The van der Waals surface area contributed by atoms with Crippen molar-refractivity contribution in [3.63, 3.8) is 0 Å². The van der Waals surface area contributed by atoms with Crippen LogP contribution in [-0.4, -0.2) is 60.8 Å². The second kappa shape index (κ2) is 7.76. The summed E-state index contributed by atoms with van der Waals surface area (Å²) in [6, 6.07) is 14.9. The third kappa shape index (κ3) is 3.51. The molecule has 3 atom stereocenters. The SMILES string of the molecule is O=C(N1CC[C@@H]2OCCNC2C1)N1CCc2ccccc2[C@H]1c1ccc(F)cc1. The lowest BCUT2D eigenvalue weighted by Crippen LogP contribution is -2.61. The van der Waals surface area contributed by atoms with Gasteiger partial charge in [0.2, 0.25) is 0 Å². The molecular formula is C23H26FN3O2. The summed E-state index contributed by atoms with van der Waals surface area (Å²) in [5, 5.41) is 3.49. The molecule has 0 aliphatic carbocycles. The maximum atomic E-state index is 13.6. The largest absolute Gasteiger partial charge is 0.375 e. The maximum absolute atomic E-state index is 13.6. The van der Waals surface area contributed by atoms with E-state index in [2.05, 4.69) is 17.4 Å². The van der Waals surface area contributed by atoms with Crippen molar-refractivity contribution in [2.45, 2.75) is 31.0 Å². The van der Waals surface area contributed by atoms with Gasteiger partial charge in [-0.25, -0.2) is 9.18 Å². The Balaban J connectivity index is 1.44. The number of halogens is 1. The molecule has 3 aliphatic heterocycles. The molecule has 0 radical (unpaired) electrons. The van der Waals surface area contributed by atoms with Crippen LogP contribution in [0.25, 0.3) is 0 Å². The second-order valence-corrected chi connectivity index (χ2v) is 8.08. The predicted molar refractivity (Wildman–Crippen MR) is 108 cm³/mol. The van der Waals surface area contributed by atoms with E-state index in [1.54, 1.807) is 12.1 Å². The Bertz CT molecular complexity index is 888. The Morgan fingerprint density at radius 1 is 1.10 bits per heavy atom. The minimum Gasteiger partial charge on any atom is -0.375 e. The van der Waals surface area contributed by atoms with Crippen molar-refractivity contribution in [1.82, 2.24) is 15.1 Å². The first-order valence-electron chi connectivity index (χ1n) is 10.4. The maximum Gasteiger partial charge on any atom is 0.320 e. The zero-order valence-electron chi connectivity index (χ0n) is 16.4. The number of fused-ring (bicyclic) bond motifs is 2. The van der Waals surface area contributed by atoms with E-state index in [-0.39, 0.29) is 30.0 Å². The van der Waals surface area contributed by atoms with E-state index in [0.717, 1.165) is 37.1 Å². The lowest BCUT2D eigenvalue weighted by molar-refractivity contribution is -0.0384. The van der Waals surface area contributed by atoms with Crippen molar-refractivity contribution in [1.29, 1.82) is 0 Å². The van der Waals surface area contributed by atoms with Crippen LogP contribution in [0.3, 0.4) is 0 Å². The summed E-state index contributed by atoms with van der Waals surface area (Å²) in [5.41, 5.74) is 3.33. The van der Waals surface area contributed by atoms with E-state index < -0.39 is 0 Å². The van der Waals surface area contributed by atoms with Crippen LogP contribution < -0.4 is 5.32 Å². The highest BCUT2D eigenvalue weighted by Gasteiger charge is 2.39. The standard InChI is InChI=1S/C23H26FN3O2/c24-18-7-5-17(6-8-18)22-19-4-2-1-3-16(19)9-13-27(22)23(28)26-12-10-21-20(15-26)25-11-14-29-21/h1-8,20-22,25H,9-15H2/t20?,21-,22+/m0/s1. The fourth-order valence-corrected chi connectivity index (χ4v) is 4.91. The lowest BCUT2D eigenvalue weighted by Gasteiger charge is -2.45. The van der Waals surface area contributed by atoms with Crippen molar-refractivity contribution in [3.8, 4) is 0 Å². The van der Waals surface area contributed by atoms with Gasteiger partial charge < -0.3 is 19.9 Å². The third-order valence-corrected chi connectivity index (χ3v) is 6.38. The van der Waals surface area contributed by atoms with Crippen molar-refractivity contribution in [3.05, 3.63) is 71.0 Å². The summed E-state index contributed by atoms with van der Waals surface area (Å²) in [7, 11) is 0. The molecule has 29 heavy (non-hydrogen) atoms. The summed E-state index contributed by atoms with van der Waals surface area (Å²) in [4.78, 5) is 17.5. The van der Waals surface area contributed by atoms with Gasteiger partial charge in [-0.3, -0.25) is 0 Å². The number of morpholine rings is 1. The fourth-order valence-electron chi connectivity index (χ4n) is 4.91. The Morgan fingerprint density at radius 2 is 1.93 bits per heavy atom. The minimum absolute atomic E-state index is 0.0552. The van der Waals surface area contributed by atoms with Gasteiger partial charge in [0.05, 0.1) is 24.8 Å². The summed E-state index contributed by atoms with van der Waals surface area (Å²) < 4.78 is 19.4. The molecule has 0 bridgehead atoms. The number of benzene rings is 2. The van der Waals surface area contributed by atoms with Gasteiger partial charge in [-0.05, 0) is 41.7 Å². The van der Waals surface area contributed by atoms with Gasteiger partial charge in [0.25, 0.3) is 0 Å². The predicted octanol–water partition coefficient (Wildman–Crippen LogP) is 2.96. The van der Waals surface area contributed by atoms with Gasteiger partial charge in [-0.15, -0.1) is 0 Å². The molecular weight excluding hydrogens is 369 g/mol. The van der Waals surface area contributed by atoms with Crippen molar-refractivity contribution in [2.24, 2.45) is 0 Å². The summed E-state index contributed by atoms with van der Waals surface area (Å²) in [6.07, 6.45) is 1.89. The number of rotatable bonds is 1. The number of urea groups is 1. The molecule has 0 spiro atoms. The van der Waals surface area contributed by atoms with Crippen LogP contribution in [0.15, 0.2) is 48.5 Å². The molecule has 1 unspecified atom stereocenters. The monoisotopic (exact) mass is 395 g/mol. The van der Waals surface area contributed by atoms with E-state index in [0.29, 0.717) is 19.6 Å². The molecule has 2 amide bonds. The molecule has 6 heteroatoms. The van der Waals surface area contributed by atoms with Crippen LogP contribution in [0.4, 0.5) is 9.18 Å². The number of carbonyl (C=O) groups excluding carboxylic acids is 1. The lowest BCUT2D eigenvalue weighted by atomic mass is 9.88. The van der Waals surface area contributed by atoms with Crippen molar-refractivity contribution < 1.29 is 13.9 Å². The zero-order valence-corrected chi connectivity index (χ0v) is 16.4. The molecule has 0 aromatic heterocycles. The molecule has 0 saturated carbocycles. The van der Waals surface area contributed by atoms with Crippen LogP contribution in [0.1, 0.15) is 29.2 Å². The normalized spacial score (nSPS) is 26.6. The third-order valence-electron chi connectivity index (χ3n) is 6.38. The van der Waals surface area contributed by atoms with Gasteiger partial charge in [0.15, 0.2) is 0 Å². The Kier molecular flexibility index (Phi) is 4.97. The van der Waals surface area contributed by atoms with E-state index in [1.165, 1.54) is 17.7 Å². The first-order valence-corrected chi connectivity index (χ1v) is 10.4. The van der Waals surface area contributed by atoms with Gasteiger partial charge in [0, 0.05) is 26.2 Å². The fraction of sp³-hybridized carbons (Fsp3) is 0.435. The molecule has 2 fully saturated rings. The highest BCUT2D eigenvalue weighted by atomic mass is 19.1. The first-order chi connectivity index (χ1) is 14.2. The van der Waals surface area contributed by atoms with Gasteiger partial charge >= 0.3 is 6.03 Å². The Hall–Kier alpha value is -2.44. The Morgan fingerprint density at radius 3 is 2.79 bits per heavy atom. The van der Waals surface area contributed by atoms with E-state index in [1.807, 2.05) is 21.9 Å². The summed E-state index contributed by atoms with van der Waals surface area (Å²) in [6.45, 7) is 3.60. The van der Waals surface area contributed by atoms with Crippen molar-refractivity contribution in [2.75, 3.05) is 32.8 Å². The molecule has 152 valence electrons. The van der Waals surface area contributed by atoms with Crippen molar-refractivity contribution >= 4 is 6.03 Å². The zero-order chi connectivity index (χ0) is 19.8. The second-order valence-electron chi connectivity index (χ2n) is 8.08. The highest BCUT2D eigenvalue weighted by Crippen LogP contribution is 2.36. The molecule has 3 heterocycles. The number of hydrogen-bond acceptors (Lipinski definition) is 3. The number of likely N-dealkylation sites (tertiary alicyclic amines) is 1. The van der Waals surface area contributed by atoms with E-state index >= 15 is 0 Å². The molecule has 3 aliphatic rings. The number of amides is 2. The molecule has 5 rings (SSSR count). The van der Waals surface area contributed by atoms with Gasteiger partial charge in [0.1, 0.15) is 5.82 Å². The average Bonchev–Trinajstić information content (AvgIpc) is 2.78. The molecule has 2 aromatic carbocycles. The van der Waals surface area contributed by atoms with Crippen LogP contribution in [0.2, 0.25) is 0 Å². The van der Waals surface area contributed by atoms with Gasteiger partial charge in [-0.1, -0.05) is 36.4 Å². The quantitative estimate of drug-likeness (QED) is 0.808. The number of piperidine rings is 1. The van der Waals surface area contributed by atoms with E-state index in [9.17, 15) is 9.18 Å². The first kappa shape index (κ1) is 18.6. The topological polar surface area (TPSA) is 44.8 Å². The number of nitrogens with zero attached hydrogens (tertiary/aromatic N) is 2. The van der Waals surface area contributed by atoms with E-state index in [4.69, 9.17) is 4.74 Å². The number of ether oxygens (including phenoxy) is 1. The molecule has 2 saturated heterocycles. The summed E-state index contributed by atoms with van der Waals surface area (Å²) >= 11 is 0. The summed E-state index contributed by atoms with van der Waals surface area (Å²) in [5.74, 6) is -0.263. The van der Waals surface area contributed by atoms with Crippen LogP contribution >= 0.6 is 0 Å². The number of hydrogen-bond donors (Lipinski definition) is 1. The smallest absolute Gasteiger partial charge is 0.320 e.